The molecule has 1 N–H and O–H groups in total. The highest BCUT2D eigenvalue weighted by Gasteiger charge is 2.59. The smallest absolute Gasteiger partial charge is 0.323 e. The maximum absolute atomic E-state index is 12.9. The molecule has 0 radical (unpaired) electrons. The molecular weight excluding hydrogens is 447 g/mol. The first-order chi connectivity index (χ1) is 16.2. The minimum Gasteiger partial charge on any atom is -0.323 e. The maximum atomic E-state index is 12.9. The molecule has 180 valence electrons. The van der Waals surface area contributed by atoms with Gasteiger partial charge in [0.15, 0.2) is 5.82 Å². The average molecular weight is 474 g/mol. The highest BCUT2D eigenvalue weighted by atomic mass is 19.4. The van der Waals surface area contributed by atoms with Crippen molar-refractivity contribution in [3.05, 3.63) is 35.4 Å². The molecule has 8 nitrogen and oxygen atoms in total. The third kappa shape index (κ3) is 3.22. The van der Waals surface area contributed by atoms with E-state index in [0.29, 0.717) is 11.8 Å². The van der Waals surface area contributed by atoms with Gasteiger partial charge in [0, 0.05) is 61.2 Å². The van der Waals surface area contributed by atoms with Gasteiger partial charge < -0.3 is 9.80 Å². The van der Waals surface area contributed by atoms with Gasteiger partial charge in [-0.3, -0.25) is 5.10 Å². The summed E-state index contributed by atoms with van der Waals surface area (Å²) in [5.41, 5.74) is 1.11. The van der Waals surface area contributed by atoms with Gasteiger partial charge in [0.05, 0.1) is 0 Å². The first kappa shape index (κ1) is 20.6. The van der Waals surface area contributed by atoms with Crippen molar-refractivity contribution in [3.8, 4) is 0 Å². The number of aromatic amines is 1. The molecule has 2 spiro atoms. The van der Waals surface area contributed by atoms with Crippen LogP contribution in [-0.2, 0) is 6.18 Å². The monoisotopic (exact) mass is 473 g/mol. The Bertz CT molecular complexity index is 1110. The van der Waals surface area contributed by atoms with Crippen LogP contribution in [0.15, 0.2) is 12.4 Å². The molecule has 2 aliphatic heterocycles. The normalized spacial score (nSPS) is 25.6. The second-order valence-electron chi connectivity index (χ2n) is 11.4. The maximum Gasteiger partial charge on any atom is 0.451 e. The van der Waals surface area contributed by atoms with E-state index in [1.165, 1.54) is 25.2 Å². The van der Waals surface area contributed by atoms with Crippen molar-refractivity contribution in [2.24, 2.45) is 10.8 Å². The van der Waals surface area contributed by atoms with Crippen molar-refractivity contribution in [2.45, 2.75) is 62.5 Å². The lowest BCUT2D eigenvalue weighted by molar-refractivity contribution is -0.145. The van der Waals surface area contributed by atoms with Crippen molar-refractivity contribution >= 4 is 6.03 Å². The van der Waals surface area contributed by atoms with Gasteiger partial charge in [-0.05, 0) is 50.0 Å². The minimum atomic E-state index is -4.51. The zero-order valence-corrected chi connectivity index (χ0v) is 18.7. The van der Waals surface area contributed by atoms with E-state index in [0.717, 1.165) is 69.1 Å². The van der Waals surface area contributed by atoms with Crippen LogP contribution in [0.1, 0.15) is 79.3 Å². The predicted molar refractivity (Wildman–Crippen MR) is 113 cm³/mol. The molecule has 2 aromatic heterocycles. The van der Waals surface area contributed by atoms with E-state index in [-0.39, 0.29) is 22.8 Å². The Labute approximate surface area is 194 Å². The van der Waals surface area contributed by atoms with E-state index in [9.17, 15) is 18.0 Å². The number of likely N-dealkylation sites (tertiary alicyclic amines) is 2. The number of nitrogens with zero attached hydrogens (tertiary/aromatic N) is 6. The third-order valence-corrected chi connectivity index (χ3v) is 8.61. The Morgan fingerprint density at radius 3 is 2.00 bits per heavy atom. The number of carbonyl (C=O) groups excluding carboxylic acids is 1. The fourth-order valence-corrected chi connectivity index (χ4v) is 6.61. The standard InChI is InChI=1S/C23H26F3N7O/c24-23(25,26)19-27-7-16(8-28-19)14-3-21(4-14)9-32(10-21)20(34)33-11-22(12-33)5-15(6-22)18-29-17(30-31-18)13-1-2-13/h7-8,13-15H,1-6,9-12H2,(H,29,30,31). The third-order valence-electron chi connectivity index (χ3n) is 8.61. The molecule has 3 saturated carbocycles. The number of hydrogen-bond acceptors (Lipinski definition) is 5. The summed E-state index contributed by atoms with van der Waals surface area (Å²) in [4.78, 5) is 28.4. The Morgan fingerprint density at radius 2 is 1.47 bits per heavy atom. The molecule has 3 aliphatic carbocycles. The summed E-state index contributed by atoms with van der Waals surface area (Å²) in [6.45, 7) is 3.10. The van der Waals surface area contributed by atoms with Crippen LogP contribution in [0.4, 0.5) is 18.0 Å². The van der Waals surface area contributed by atoms with Crippen molar-refractivity contribution in [2.75, 3.05) is 26.2 Å². The number of halogens is 3. The summed E-state index contributed by atoms with van der Waals surface area (Å²) < 4.78 is 37.9. The molecule has 2 amide bonds. The number of alkyl halides is 3. The van der Waals surface area contributed by atoms with Gasteiger partial charge >= 0.3 is 12.2 Å². The van der Waals surface area contributed by atoms with E-state index in [4.69, 9.17) is 0 Å². The largest absolute Gasteiger partial charge is 0.451 e. The summed E-state index contributed by atoms with van der Waals surface area (Å²) in [7, 11) is 0. The van der Waals surface area contributed by atoms with Crippen LogP contribution in [0.5, 0.6) is 0 Å². The van der Waals surface area contributed by atoms with Crippen LogP contribution in [0.3, 0.4) is 0 Å². The topological polar surface area (TPSA) is 90.9 Å². The van der Waals surface area contributed by atoms with E-state index in [1.807, 2.05) is 9.80 Å². The lowest BCUT2D eigenvalue weighted by Crippen LogP contribution is -2.70. The molecule has 2 aromatic rings. The number of rotatable bonds is 3. The number of H-pyrrole nitrogens is 1. The first-order valence-electron chi connectivity index (χ1n) is 12.1. The molecule has 5 fully saturated rings. The molecule has 2 saturated heterocycles. The molecule has 4 heterocycles. The van der Waals surface area contributed by atoms with Gasteiger partial charge in [0.25, 0.3) is 0 Å². The fourth-order valence-electron chi connectivity index (χ4n) is 6.61. The molecule has 34 heavy (non-hydrogen) atoms. The van der Waals surface area contributed by atoms with Crippen molar-refractivity contribution < 1.29 is 18.0 Å². The molecule has 7 rings (SSSR count). The quantitative estimate of drug-likeness (QED) is 0.735. The van der Waals surface area contributed by atoms with Crippen LogP contribution in [0.25, 0.3) is 0 Å². The zero-order valence-electron chi connectivity index (χ0n) is 18.7. The van der Waals surface area contributed by atoms with Gasteiger partial charge in [0.1, 0.15) is 5.82 Å². The lowest BCUT2D eigenvalue weighted by atomic mass is 9.56. The fraction of sp³-hybridized carbons (Fsp3) is 0.696. The van der Waals surface area contributed by atoms with E-state index in [1.54, 1.807) is 0 Å². The van der Waals surface area contributed by atoms with Crippen LogP contribution in [0.2, 0.25) is 0 Å². The zero-order chi connectivity index (χ0) is 23.3. The van der Waals surface area contributed by atoms with E-state index in [2.05, 4.69) is 25.1 Å². The van der Waals surface area contributed by atoms with Gasteiger partial charge in [-0.15, -0.1) is 0 Å². The molecule has 0 atom stereocenters. The van der Waals surface area contributed by atoms with E-state index < -0.39 is 12.0 Å². The van der Waals surface area contributed by atoms with Crippen LogP contribution in [0, 0.1) is 10.8 Å². The summed E-state index contributed by atoms with van der Waals surface area (Å²) in [6, 6.07) is 0.120. The Morgan fingerprint density at radius 1 is 0.912 bits per heavy atom. The molecule has 0 aromatic carbocycles. The van der Waals surface area contributed by atoms with Gasteiger partial charge in [-0.1, -0.05) is 0 Å². The second-order valence-corrected chi connectivity index (χ2v) is 11.4. The molecular formula is C23H26F3N7O. The summed E-state index contributed by atoms with van der Waals surface area (Å²) in [6.07, 6.45) is 4.35. The number of carbonyl (C=O) groups is 1. The average Bonchev–Trinajstić information content (AvgIpc) is 3.41. The Balaban J connectivity index is 0.866. The highest BCUT2D eigenvalue weighted by Crippen LogP contribution is 2.58. The second kappa shape index (κ2) is 6.69. The van der Waals surface area contributed by atoms with E-state index >= 15 is 0 Å². The Hall–Kier alpha value is -2.72. The van der Waals surface area contributed by atoms with Crippen molar-refractivity contribution in [3.63, 3.8) is 0 Å². The van der Waals surface area contributed by atoms with Crippen molar-refractivity contribution in [1.29, 1.82) is 0 Å². The van der Waals surface area contributed by atoms with Crippen LogP contribution < -0.4 is 0 Å². The summed E-state index contributed by atoms with van der Waals surface area (Å²) >= 11 is 0. The highest BCUT2D eigenvalue weighted by molar-refractivity contribution is 5.77. The Kier molecular flexibility index (Phi) is 4.06. The SMILES string of the molecule is O=C(N1CC2(CC(c3cnc(C(F)(F)F)nc3)C2)C1)N1CC2(CC(c3n[nH]c(C4CC4)n3)C2)C1. The van der Waals surface area contributed by atoms with Gasteiger partial charge in [-0.2, -0.15) is 18.3 Å². The summed E-state index contributed by atoms with van der Waals surface area (Å²) in [5.74, 6) is 2.06. The minimum absolute atomic E-state index is 0.109. The first-order valence-corrected chi connectivity index (χ1v) is 12.1. The van der Waals surface area contributed by atoms with Crippen LogP contribution in [-0.4, -0.2) is 67.2 Å². The van der Waals surface area contributed by atoms with Gasteiger partial charge in [0.2, 0.25) is 5.82 Å². The number of urea groups is 1. The number of amides is 2. The number of nitrogens with one attached hydrogen (secondary N) is 1. The predicted octanol–water partition coefficient (Wildman–Crippen LogP) is 3.67. The lowest BCUT2D eigenvalue weighted by Gasteiger charge is -2.63. The number of aromatic nitrogens is 5. The van der Waals surface area contributed by atoms with Crippen LogP contribution >= 0.6 is 0 Å². The molecule has 5 aliphatic rings. The number of hydrogen-bond donors (Lipinski definition) is 1. The molecule has 0 unspecified atom stereocenters. The molecule has 0 bridgehead atoms. The summed E-state index contributed by atoms with van der Waals surface area (Å²) in [5, 5.41) is 7.51. The van der Waals surface area contributed by atoms with Crippen molar-refractivity contribution in [1.82, 2.24) is 34.9 Å². The molecule has 11 heteroatoms. The van der Waals surface area contributed by atoms with Gasteiger partial charge in [-0.25, -0.2) is 19.7 Å².